The molecule has 0 N–H and O–H groups in total. The molecule has 0 aliphatic carbocycles. The number of halogens is 4. The molecule has 0 aliphatic heterocycles. The van der Waals surface area contributed by atoms with E-state index in [-0.39, 0.29) is 5.88 Å². The number of pyridine rings is 1. The standard InChI is InChI=1S/C14H11ClF3NO/c1-20-14-9(6-15)4-10(7-19-14)8-2-3-12(16)11(5-8)13(17)18/h2-5,7,13H,6H2,1H3. The molecule has 0 saturated heterocycles. The fourth-order valence-electron chi connectivity index (χ4n) is 1.83. The van der Waals surface area contributed by atoms with E-state index in [4.69, 9.17) is 16.3 Å². The molecule has 6 heteroatoms. The highest BCUT2D eigenvalue weighted by molar-refractivity contribution is 6.17. The van der Waals surface area contributed by atoms with E-state index in [1.54, 1.807) is 6.07 Å². The molecular weight excluding hydrogens is 291 g/mol. The number of nitrogens with zero attached hydrogens (tertiary/aromatic N) is 1. The van der Waals surface area contributed by atoms with Gasteiger partial charge in [0.15, 0.2) is 0 Å². The predicted molar refractivity (Wildman–Crippen MR) is 70.7 cm³/mol. The summed E-state index contributed by atoms with van der Waals surface area (Å²) in [6, 6.07) is 5.23. The SMILES string of the molecule is COc1ncc(-c2ccc(F)c(C(F)F)c2)cc1CCl. The van der Waals surface area contributed by atoms with Gasteiger partial charge in [-0.3, -0.25) is 0 Å². The van der Waals surface area contributed by atoms with Gasteiger partial charge in [0.1, 0.15) is 5.82 Å². The Bertz CT molecular complexity index is 619. The first kappa shape index (κ1) is 14.7. The predicted octanol–water partition coefficient (Wildman–Crippen LogP) is 4.57. The Hall–Kier alpha value is -1.75. The molecule has 0 atom stereocenters. The van der Waals surface area contributed by atoms with Crippen LogP contribution in [0.25, 0.3) is 11.1 Å². The molecule has 1 aromatic heterocycles. The highest BCUT2D eigenvalue weighted by atomic mass is 35.5. The second-order valence-corrected chi connectivity index (χ2v) is 4.33. The third-order valence-corrected chi connectivity index (χ3v) is 3.12. The maximum Gasteiger partial charge on any atom is 0.266 e. The zero-order valence-electron chi connectivity index (χ0n) is 10.5. The smallest absolute Gasteiger partial charge is 0.266 e. The summed E-state index contributed by atoms with van der Waals surface area (Å²) in [6.45, 7) is 0. The fourth-order valence-corrected chi connectivity index (χ4v) is 2.02. The van der Waals surface area contributed by atoms with Gasteiger partial charge in [0.05, 0.1) is 18.6 Å². The Balaban J connectivity index is 2.49. The quantitative estimate of drug-likeness (QED) is 0.772. The Kier molecular flexibility index (Phi) is 4.49. The van der Waals surface area contributed by atoms with Crippen LogP contribution < -0.4 is 4.74 Å². The lowest BCUT2D eigenvalue weighted by Gasteiger charge is -2.09. The van der Waals surface area contributed by atoms with E-state index in [9.17, 15) is 13.2 Å². The molecule has 2 rings (SSSR count). The Morgan fingerprint density at radius 3 is 2.60 bits per heavy atom. The van der Waals surface area contributed by atoms with Crippen LogP contribution in [0.3, 0.4) is 0 Å². The third-order valence-electron chi connectivity index (χ3n) is 2.83. The molecule has 2 nitrogen and oxygen atoms in total. The minimum Gasteiger partial charge on any atom is -0.481 e. The van der Waals surface area contributed by atoms with Gasteiger partial charge in [-0.1, -0.05) is 6.07 Å². The average molecular weight is 302 g/mol. The molecule has 0 fully saturated rings. The summed E-state index contributed by atoms with van der Waals surface area (Å²) in [7, 11) is 1.46. The molecule has 0 aliphatic rings. The molecular formula is C14H11ClF3NO. The van der Waals surface area contributed by atoms with Crippen LogP contribution in [0.4, 0.5) is 13.2 Å². The first-order chi connectivity index (χ1) is 9.56. The number of ether oxygens (including phenoxy) is 1. The van der Waals surface area contributed by atoms with Gasteiger partial charge in [-0.05, 0) is 23.8 Å². The largest absolute Gasteiger partial charge is 0.481 e. The van der Waals surface area contributed by atoms with Gasteiger partial charge in [-0.25, -0.2) is 18.2 Å². The average Bonchev–Trinajstić information content (AvgIpc) is 2.46. The lowest BCUT2D eigenvalue weighted by atomic mass is 10.0. The highest BCUT2D eigenvalue weighted by Crippen LogP contribution is 2.30. The van der Waals surface area contributed by atoms with Gasteiger partial charge in [-0.2, -0.15) is 0 Å². The highest BCUT2D eigenvalue weighted by Gasteiger charge is 2.15. The minimum atomic E-state index is -2.87. The van der Waals surface area contributed by atoms with Crippen LogP contribution in [0.15, 0.2) is 30.5 Å². The van der Waals surface area contributed by atoms with E-state index in [2.05, 4.69) is 4.98 Å². The normalized spacial score (nSPS) is 10.9. The second kappa shape index (κ2) is 6.13. The first-order valence-electron chi connectivity index (χ1n) is 5.73. The van der Waals surface area contributed by atoms with Crippen LogP contribution in [-0.2, 0) is 5.88 Å². The summed E-state index contributed by atoms with van der Waals surface area (Å²) in [5.74, 6) is -0.380. The molecule has 0 spiro atoms. The number of hydrogen-bond acceptors (Lipinski definition) is 2. The summed E-state index contributed by atoms with van der Waals surface area (Å²) < 4.78 is 43.7. The van der Waals surface area contributed by atoms with Crippen molar-refractivity contribution in [2.75, 3.05) is 7.11 Å². The van der Waals surface area contributed by atoms with E-state index in [0.717, 1.165) is 12.1 Å². The summed E-state index contributed by atoms with van der Waals surface area (Å²) in [5, 5.41) is 0. The molecule has 0 amide bonds. The number of aromatic nitrogens is 1. The molecule has 0 bridgehead atoms. The molecule has 2 aromatic rings. The lowest BCUT2D eigenvalue weighted by molar-refractivity contribution is 0.146. The zero-order valence-corrected chi connectivity index (χ0v) is 11.3. The van der Waals surface area contributed by atoms with Crippen molar-refractivity contribution >= 4 is 11.6 Å². The van der Waals surface area contributed by atoms with E-state index in [1.165, 1.54) is 19.4 Å². The maximum atomic E-state index is 13.3. The summed E-state index contributed by atoms with van der Waals surface area (Å²) >= 11 is 5.78. The maximum absolute atomic E-state index is 13.3. The van der Waals surface area contributed by atoms with E-state index in [1.807, 2.05) is 0 Å². The van der Waals surface area contributed by atoms with Crippen LogP contribution >= 0.6 is 11.6 Å². The van der Waals surface area contributed by atoms with E-state index >= 15 is 0 Å². The summed E-state index contributed by atoms with van der Waals surface area (Å²) in [5.41, 5.74) is 1.02. The van der Waals surface area contributed by atoms with Crippen molar-refractivity contribution in [1.29, 1.82) is 0 Å². The van der Waals surface area contributed by atoms with Gasteiger partial charge in [0.2, 0.25) is 5.88 Å². The van der Waals surface area contributed by atoms with Crippen LogP contribution in [0.2, 0.25) is 0 Å². The molecule has 1 heterocycles. The van der Waals surface area contributed by atoms with Gasteiger partial charge in [0.25, 0.3) is 6.43 Å². The van der Waals surface area contributed by atoms with Crippen LogP contribution in [0.5, 0.6) is 5.88 Å². The van der Waals surface area contributed by atoms with Crippen molar-refractivity contribution < 1.29 is 17.9 Å². The molecule has 106 valence electrons. The van der Waals surface area contributed by atoms with Crippen molar-refractivity contribution in [3.05, 3.63) is 47.4 Å². The van der Waals surface area contributed by atoms with Gasteiger partial charge in [0, 0.05) is 17.3 Å². The number of methoxy groups -OCH3 is 1. The molecule has 0 saturated carbocycles. The van der Waals surface area contributed by atoms with E-state index in [0.29, 0.717) is 22.6 Å². The van der Waals surface area contributed by atoms with Crippen LogP contribution in [-0.4, -0.2) is 12.1 Å². The lowest BCUT2D eigenvalue weighted by Crippen LogP contribution is -1.95. The van der Waals surface area contributed by atoms with Crippen molar-refractivity contribution in [3.8, 4) is 17.0 Å². The number of rotatable bonds is 4. The van der Waals surface area contributed by atoms with Crippen LogP contribution in [0, 0.1) is 5.82 Å². The van der Waals surface area contributed by atoms with E-state index < -0.39 is 17.8 Å². The van der Waals surface area contributed by atoms with Crippen molar-refractivity contribution in [2.24, 2.45) is 0 Å². The van der Waals surface area contributed by atoms with Gasteiger partial charge < -0.3 is 4.74 Å². The van der Waals surface area contributed by atoms with Crippen molar-refractivity contribution in [1.82, 2.24) is 4.98 Å². The number of alkyl halides is 3. The second-order valence-electron chi connectivity index (χ2n) is 4.06. The van der Waals surface area contributed by atoms with Crippen LogP contribution in [0.1, 0.15) is 17.6 Å². The zero-order chi connectivity index (χ0) is 14.7. The monoisotopic (exact) mass is 301 g/mol. The summed E-state index contributed by atoms with van der Waals surface area (Å²) in [4.78, 5) is 4.05. The van der Waals surface area contributed by atoms with Crippen molar-refractivity contribution in [2.45, 2.75) is 12.3 Å². The topological polar surface area (TPSA) is 22.1 Å². The number of benzene rings is 1. The first-order valence-corrected chi connectivity index (χ1v) is 6.27. The Morgan fingerprint density at radius 2 is 2.00 bits per heavy atom. The molecule has 0 radical (unpaired) electrons. The minimum absolute atomic E-state index is 0.174. The van der Waals surface area contributed by atoms with Crippen molar-refractivity contribution in [3.63, 3.8) is 0 Å². The molecule has 1 aromatic carbocycles. The fraction of sp³-hybridized carbons (Fsp3) is 0.214. The third kappa shape index (κ3) is 2.88. The summed E-state index contributed by atoms with van der Waals surface area (Å²) in [6.07, 6.45) is -1.40. The Labute approximate surface area is 119 Å². The molecule has 20 heavy (non-hydrogen) atoms. The Morgan fingerprint density at radius 1 is 1.25 bits per heavy atom. The number of hydrogen-bond donors (Lipinski definition) is 0. The van der Waals surface area contributed by atoms with Gasteiger partial charge in [-0.15, -0.1) is 11.6 Å². The van der Waals surface area contributed by atoms with Gasteiger partial charge >= 0.3 is 0 Å². The molecule has 0 unspecified atom stereocenters.